The maximum absolute atomic E-state index is 13.2. The van der Waals surface area contributed by atoms with Crippen LogP contribution in [0, 0.1) is 0 Å². The lowest BCUT2D eigenvalue weighted by Gasteiger charge is -2.32. The predicted molar refractivity (Wildman–Crippen MR) is 109 cm³/mol. The van der Waals surface area contributed by atoms with Crippen LogP contribution in [0.5, 0.6) is 0 Å². The summed E-state index contributed by atoms with van der Waals surface area (Å²) in [4.78, 5) is 26.7. The molecule has 3 rings (SSSR count). The van der Waals surface area contributed by atoms with Gasteiger partial charge >= 0.3 is 0 Å². The third kappa shape index (κ3) is 3.91. The molecule has 0 radical (unpaired) electrons. The summed E-state index contributed by atoms with van der Waals surface area (Å²) < 4.78 is 2.03. The van der Waals surface area contributed by atoms with Crippen LogP contribution in [0.15, 0.2) is 54.7 Å². The third-order valence-electron chi connectivity index (χ3n) is 4.47. The van der Waals surface area contributed by atoms with Crippen molar-refractivity contribution in [3.63, 3.8) is 0 Å². The molecule has 0 atom stereocenters. The predicted octanol–water partition coefficient (Wildman–Crippen LogP) is 5.13. The van der Waals surface area contributed by atoms with Crippen molar-refractivity contribution in [3.05, 3.63) is 70.9 Å². The standard InChI is InChI=1S/C22H23ClN2O2/c1-15(26)25(22(2,3)4)21(27)19-14-24(20-8-6-5-7-18(19)20)13-16-9-11-17(23)12-10-16/h5-12,14H,13H2,1-4H3. The smallest absolute Gasteiger partial charge is 0.263 e. The number of nitrogens with zero attached hydrogens (tertiary/aromatic N) is 2. The van der Waals surface area contributed by atoms with Gasteiger partial charge in [0.2, 0.25) is 5.91 Å². The Morgan fingerprint density at radius 3 is 2.26 bits per heavy atom. The molecule has 0 aliphatic carbocycles. The summed E-state index contributed by atoms with van der Waals surface area (Å²) in [6, 6.07) is 15.4. The van der Waals surface area contributed by atoms with Crippen LogP contribution in [0.4, 0.5) is 0 Å². The maximum atomic E-state index is 13.2. The minimum Gasteiger partial charge on any atom is -0.342 e. The van der Waals surface area contributed by atoms with Crippen LogP contribution < -0.4 is 0 Å². The molecule has 0 fully saturated rings. The Morgan fingerprint density at radius 2 is 1.67 bits per heavy atom. The summed E-state index contributed by atoms with van der Waals surface area (Å²) in [5, 5.41) is 1.53. The molecule has 0 unspecified atom stereocenters. The fraction of sp³-hybridized carbons (Fsp3) is 0.273. The zero-order valence-electron chi connectivity index (χ0n) is 16.0. The second kappa shape index (κ2) is 7.20. The molecular formula is C22H23ClN2O2. The molecule has 0 N–H and O–H groups in total. The van der Waals surface area contributed by atoms with Gasteiger partial charge in [-0.25, -0.2) is 0 Å². The zero-order chi connectivity index (χ0) is 19.8. The lowest BCUT2D eigenvalue weighted by molar-refractivity contribution is -0.129. The Balaban J connectivity index is 2.08. The molecule has 5 heteroatoms. The molecule has 2 amide bonds. The fourth-order valence-electron chi connectivity index (χ4n) is 3.37. The average molecular weight is 383 g/mol. The van der Waals surface area contributed by atoms with Gasteiger partial charge < -0.3 is 4.57 Å². The van der Waals surface area contributed by atoms with Crippen molar-refractivity contribution >= 4 is 34.3 Å². The first-order valence-electron chi connectivity index (χ1n) is 8.86. The van der Waals surface area contributed by atoms with Crippen LogP contribution in [0.25, 0.3) is 10.9 Å². The van der Waals surface area contributed by atoms with Crippen LogP contribution in [-0.2, 0) is 11.3 Å². The lowest BCUT2D eigenvalue weighted by atomic mass is 10.0. The highest BCUT2D eigenvalue weighted by atomic mass is 35.5. The number of para-hydroxylation sites is 1. The molecule has 0 saturated heterocycles. The summed E-state index contributed by atoms with van der Waals surface area (Å²) in [5.74, 6) is -0.539. The fourth-order valence-corrected chi connectivity index (χ4v) is 3.50. The van der Waals surface area contributed by atoms with Gasteiger partial charge in [0.25, 0.3) is 5.91 Å². The lowest BCUT2D eigenvalue weighted by Crippen LogP contribution is -2.48. The molecule has 4 nitrogen and oxygen atoms in total. The Hall–Kier alpha value is -2.59. The van der Waals surface area contributed by atoms with Gasteiger partial charge in [-0.05, 0) is 44.5 Å². The van der Waals surface area contributed by atoms with E-state index < -0.39 is 5.54 Å². The summed E-state index contributed by atoms with van der Waals surface area (Å²) >= 11 is 5.97. The molecular weight excluding hydrogens is 360 g/mol. The molecule has 0 aliphatic heterocycles. The molecule has 3 aromatic rings. The first kappa shape index (κ1) is 19.2. The van der Waals surface area contributed by atoms with Gasteiger partial charge in [0, 0.05) is 41.1 Å². The van der Waals surface area contributed by atoms with Crippen LogP contribution >= 0.6 is 11.6 Å². The van der Waals surface area contributed by atoms with E-state index in [0.717, 1.165) is 16.5 Å². The molecule has 0 aliphatic rings. The van der Waals surface area contributed by atoms with E-state index in [1.165, 1.54) is 11.8 Å². The highest BCUT2D eigenvalue weighted by Gasteiger charge is 2.32. The average Bonchev–Trinajstić information content (AvgIpc) is 2.94. The molecule has 0 bridgehead atoms. The van der Waals surface area contributed by atoms with Gasteiger partial charge in [-0.3, -0.25) is 14.5 Å². The van der Waals surface area contributed by atoms with E-state index in [9.17, 15) is 9.59 Å². The molecule has 140 valence electrons. The van der Waals surface area contributed by atoms with E-state index in [2.05, 4.69) is 0 Å². The van der Waals surface area contributed by atoms with E-state index in [1.807, 2.05) is 80.1 Å². The quantitative estimate of drug-likeness (QED) is 0.630. The number of imide groups is 1. The largest absolute Gasteiger partial charge is 0.342 e. The number of carbonyl (C=O) groups excluding carboxylic acids is 2. The number of amides is 2. The van der Waals surface area contributed by atoms with Crippen molar-refractivity contribution in [2.45, 2.75) is 39.8 Å². The number of carbonyl (C=O) groups is 2. The van der Waals surface area contributed by atoms with Crippen LogP contribution in [0.3, 0.4) is 0 Å². The second-order valence-electron chi connectivity index (χ2n) is 7.64. The number of benzene rings is 2. The first-order valence-corrected chi connectivity index (χ1v) is 9.23. The SMILES string of the molecule is CC(=O)N(C(=O)c1cn(Cc2ccc(Cl)cc2)c2ccccc12)C(C)(C)C. The van der Waals surface area contributed by atoms with Crippen molar-refractivity contribution < 1.29 is 9.59 Å². The molecule has 1 aromatic heterocycles. The topological polar surface area (TPSA) is 42.3 Å². The van der Waals surface area contributed by atoms with E-state index in [0.29, 0.717) is 17.1 Å². The van der Waals surface area contributed by atoms with Crippen molar-refractivity contribution in [1.82, 2.24) is 9.47 Å². The monoisotopic (exact) mass is 382 g/mol. The van der Waals surface area contributed by atoms with Crippen molar-refractivity contribution in [2.24, 2.45) is 0 Å². The minimum atomic E-state index is -0.595. The van der Waals surface area contributed by atoms with Crippen LogP contribution in [-0.4, -0.2) is 26.8 Å². The number of hydrogen-bond acceptors (Lipinski definition) is 2. The van der Waals surface area contributed by atoms with Crippen LogP contribution in [0.2, 0.25) is 5.02 Å². The summed E-state index contributed by atoms with van der Waals surface area (Å²) in [6.07, 6.45) is 1.84. The summed E-state index contributed by atoms with van der Waals surface area (Å²) in [5.41, 5.74) is 1.97. The van der Waals surface area contributed by atoms with E-state index in [1.54, 1.807) is 0 Å². The van der Waals surface area contributed by atoms with E-state index in [4.69, 9.17) is 11.6 Å². The van der Waals surface area contributed by atoms with Crippen molar-refractivity contribution in [2.75, 3.05) is 0 Å². The Kier molecular flexibility index (Phi) is 5.11. The van der Waals surface area contributed by atoms with Crippen molar-refractivity contribution in [1.29, 1.82) is 0 Å². The van der Waals surface area contributed by atoms with Gasteiger partial charge in [0.05, 0.1) is 5.56 Å². The number of fused-ring (bicyclic) bond motifs is 1. The summed E-state index contributed by atoms with van der Waals surface area (Å²) in [6.45, 7) is 7.62. The Labute approximate surface area is 164 Å². The second-order valence-corrected chi connectivity index (χ2v) is 8.08. The Morgan fingerprint density at radius 1 is 1.04 bits per heavy atom. The van der Waals surface area contributed by atoms with Gasteiger partial charge in [0.1, 0.15) is 0 Å². The van der Waals surface area contributed by atoms with E-state index in [-0.39, 0.29) is 11.8 Å². The zero-order valence-corrected chi connectivity index (χ0v) is 16.7. The highest BCUT2D eigenvalue weighted by molar-refractivity contribution is 6.30. The maximum Gasteiger partial charge on any atom is 0.263 e. The van der Waals surface area contributed by atoms with Gasteiger partial charge in [-0.1, -0.05) is 41.9 Å². The highest BCUT2D eigenvalue weighted by Crippen LogP contribution is 2.26. The van der Waals surface area contributed by atoms with E-state index >= 15 is 0 Å². The third-order valence-corrected chi connectivity index (χ3v) is 4.73. The summed E-state index contributed by atoms with van der Waals surface area (Å²) in [7, 11) is 0. The number of rotatable bonds is 3. The number of hydrogen-bond donors (Lipinski definition) is 0. The molecule has 0 saturated carbocycles. The Bertz CT molecular complexity index is 997. The number of aromatic nitrogens is 1. The van der Waals surface area contributed by atoms with Gasteiger partial charge in [-0.2, -0.15) is 0 Å². The van der Waals surface area contributed by atoms with Crippen LogP contribution in [0.1, 0.15) is 43.6 Å². The van der Waals surface area contributed by atoms with Gasteiger partial charge in [-0.15, -0.1) is 0 Å². The molecule has 2 aromatic carbocycles. The normalized spacial score (nSPS) is 11.6. The molecule has 0 spiro atoms. The van der Waals surface area contributed by atoms with Crippen molar-refractivity contribution in [3.8, 4) is 0 Å². The minimum absolute atomic E-state index is 0.262. The number of halogens is 1. The van der Waals surface area contributed by atoms with Gasteiger partial charge in [0.15, 0.2) is 0 Å². The molecule has 1 heterocycles. The molecule has 27 heavy (non-hydrogen) atoms. The first-order chi connectivity index (χ1) is 12.7.